The predicted octanol–water partition coefficient (Wildman–Crippen LogP) is 6.31. The third-order valence-corrected chi connectivity index (χ3v) is 6.43. The van der Waals surface area contributed by atoms with Gasteiger partial charge in [-0.1, -0.05) is 19.1 Å². The van der Waals surface area contributed by atoms with E-state index in [0.29, 0.717) is 53.7 Å². The summed E-state index contributed by atoms with van der Waals surface area (Å²) in [5, 5.41) is 12.7. The Morgan fingerprint density at radius 1 is 1.00 bits per heavy atom. The second-order valence-corrected chi connectivity index (χ2v) is 9.40. The van der Waals surface area contributed by atoms with Crippen LogP contribution in [0, 0.1) is 18.6 Å². The van der Waals surface area contributed by atoms with E-state index < -0.39 is 17.8 Å². The van der Waals surface area contributed by atoms with Gasteiger partial charge in [0.25, 0.3) is 0 Å². The largest absolute Gasteiger partial charge is 0.493 e. The zero-order valence-corrected chi connectivity index (χ0v) is 22.7. The maximum absolute atomic E-state index is 13.2. The third-order valence-electron chi connectivity index (χ3n) is 6.43. The molecule has 0 saturated carbocycles. The van der Waals surface area contributed by atoms with Crippen LogP contribution in [0.3, 0.4) is 0 Å². The SMILES string of the molecule is CC/C(=C/C(=O)c1ccc(F)cc1)N[C@@H](Cc1ccc(OCCc2nc(-c3ccc(F)cc3)oc2C)cc1)C(=O)O. The summed E-state index contributed by atoms with van der Waals surface area (Å²) < 4.78 is 37.9. The number of ether oxygens (including phenoxy) is 1. The fraction of sp³-hybridized carbons (Fsp3) is 0.219. The fourth-order valence-electron chi connectivity index (χ4n) is 4.12. The second-order valence-electron chi connectivity index (χ2n) is 9.40. The van der Waals surface area contributed by atoms with Gasteiger partial charge in [0, 0.05) is 35.7 Å². The monoisotopic (exact) mass is 560 g/mol. The Labute approximate surface area is 236 Å². The number of aryl methyl sites for hydroxylation is 1. The summed E-state index contributed by atoms with van der Waals surface area (Å²) >= 11 is 0. The molecule has 4 rings (SSSR count). The van der Waals surface area contributed by atoms with Crippen LogP contribution in [0.5, 0.6) is 5.75 Å². The van der Waals surface area contributed by atoms with Crippen LogP contribution in [0.15, 0.2) is 89.0 Å². The normalized spacial score (nSPS) is 12.1. The average molecular weight is 561 g/mol. The first-order valence-corrected chi connectivity index (χ1v) is 13.2. The molecule has 1 aromatic heterocycles. The van der Waals surface area contributed by atoms with Crippen molar-refractivity contribution in [1.82, 2.24) is 10.3 Å². The van der Waals surface area contributed by atoms with Gasteiger partial charge in [0.1, 0.15) is 29.2 Å². The predicted molar refractivity (Wildman–Crippen MR) is 150 cm³/mol. The highest BCUT2D eigenvalue weighted by Crippen LogP contribution is 2.23. The lowest BCUT2D eigenvalue weighted by Gasteiger charge is -2.18. The summed E-state index contributed by atoms with van der Waals surface area (Å²) in [4.78, 5) is 29.0. The van der Waals surface area contributed by atoms with Crippen molar-refractivity contribution >= 4 is 11.8 Å². The quantitative estimate of drug-likeness (QED) is 0.146. The highest BCUT2D eigenvalue weighted by Gasteiger charge is 2.19. The molecule has 1 heterocycles. The van der Waals surface area contributed by atoms with Crippen molar-refractivity contribution < 1.29 is 32.6 Å². The molecular formula is C32H30F2N2O5. The molecule has 9 heteroatoms. The standard InChI is InChI=1S/C32H30F2N2O5/c1-3-26(19-30(37)22-6-10-24(33)11-7-22)35-29(32(38)39)18-21-4-14-27(15-5-21)40-17-16-28-20(2)41-31(36-28)23-8-12-25(34)13-9-23/h4-15,19,29,35H,3,16-18H2,1-2H3,(H,38,39)/b26-19-/t29-/m0/s1. The van der Waals surface area contributed by atoms with Crippen molar-refractivity contribution in [2.24, 2.45) is 0 Å². The van der Waals surface area contributed by atoms with Crippen molar-refractivity contribution in [1.29, 1.82) is 0 Å². The van der Waals surface area contributed by atoms with E-state index in [4.69, 9.17) is 9.15 Å². The Kier molecular flexibility index (Phi) is 9.63. The number of carbonyl (C=O) groups excluding carboxylic acids is 1. The van der Waals surface area contributed by atoms with Crippen LogP contribution in [-0.2, 0) is 17.6 Å². The summed E-state index contributed by atoms with van der Waals surface area (Å²) in [7, 11) is 0. The number of aliphatic carboxylic acids is 1. The number of nitrogens with one attached hydrogen (secondary N) is 1. The van der Waals surface area contributed by atoms with Gasteiger partial charge >= 0.3 is 5.97 Å². The fourth-order valence-corrected chi connectivity index (χ4v) is 4.12. The number of ketones is 1. The van der Waals surface area contributed by atoms with E-state index in [1.807, 2.05) is 13.8 Å². The number of rotatable bonds is 13. The van der Waals surface area contributed by atoms with Crippen molar-refractivity contribution in [3.8, 4) is 17.2 Å². The number of benzene rings is 3. The number of hydrogen-bond donors (Lipinski definition) is 2. The number of carboxylic acid groups (broad SMARTS) is 1. The number of aromatic nitrogens is 1. The maximum Gasteiger partial charge on any atom is 0.326 e. The first kappa shape index (κ1) is 29.2. The molecule has 0 bridgehead atoms. The van der Waals surface area contributed by atoms with E-state index in [9.17, 15) is 23.5 Å². The van der Waals surface area contributed by atoms with Gasteiger partial charge < -0.3 is 19.6 Å². The van der Waals surface area contributed by atoms with Gasteiger partial charge in [0.05, 0.1) is 12.3 Å². The molecular weight excluding hydrogens is 530 g/mol. The Hall–Kier alpha value is -4.79. The van der Waals surface area contributed by atoms with E-state index in [-0.39, 0.29) is 18.0 Å². The number of halogens is 2. The molecule has 2 N–H and O–H groups in total. The van der Waals surface area contributed by atoms with E-state index >= 15 is 0 Å². The molecule has 0 unspecified atom stereocenters. The molecule has 0 aliphatic heterocycles. The van der Waals surface area contributed by atoms with Crippen LogP contribution in [-0.4, -0.2) is 34.5 Å². The molecule has 4 aromatic rings. The smallest absolute Gasteiger partial charge is 0.326 e. The Morgan fingerprint density at radius 2 is 1.63 bits per heavy atom. The maximum atomic E-state index is 13.2. The molecule has 7 nitrogen and oxygen atoms in total. The first-order chi connectivity index (χ1) is 19.7. The minimum Gasteiger partial charge on any atom is -0.493 e. The number of carbonyl (C=O) groups is 2. The number of carboxylic acids is 1. The van der Waals surface area contributed by atoms with Crippen LogP contribution < -0.4 is 10.1 Å². The van der Waals surface area contributed by atoms with Crippen LogP contribution in [0.2, 0.25) is 0 Å². The van der Waals surface area contributed by atoms with Crippen LogP contribution >= 0.6 is 0 Å². The molecule has 3 aromatic carbocycles. The van der Waals surface area contributed by atoms with Gasteiger partial charge in [0.2, 0.25) is 5.89 Å². The highest BCUT2D eigenvalue weighted by atomic mass is 19.1. The van der Waals surface area contributed by atoms with Crippen LogP contribution in [0.25, 0.3) is 11.5 Å². The zero-order chi connectivity index (χ0) is 29.4. The van der Waals surface area contributed by atoms with E-state index in [0.717, 1.165) is 11.3 Å². The highest BCUT2D eigenvalue weighted by molar-refractivity contribution is 6.04. The summed E-state index contributed by atoms with van der Waals surface area (Å²) in [6, 6.07) is 17.3. The van der Waals surface area contributed by atoms with Crippen LogP contribution in [0.4, 0.5) is 8.78 Å². The minimum atomic E-state index is -1.05. The lowest BCUT2D eigenvalue weighted by molar-refractivity contribution is -0.139. The molecule has 1 atom stereocenters. The van der Waals surface area contributed by atoms with E-state index in [1.165, 1.54) is 42.5 Å². The summed E-state index contributed by atoms with van der Waals surface area (Å²) in [5.74, 6) is -0.463. The molecule has 0 spiro atoms. The molecule has 0 radical (unpaired) electrons. The number of hydrogen-bond acceptors (Lipinski definition) is 6. The van der Waals surface area contributed by atoms with Crippen molar-refractivity contribution in [2.45, 2.75) is 39.2 Å². The van der Waals surface area contributed by atoms with Crippen molar-refractivity contribution in [3.63, 3.8) is 0 Å². The number of oxazole rings is 1. The zero-order valence-electron chi connectivity index (χ0n) is 22.7. The Morgan fingerprint density at radius 3 is 2.24 bits per heavy atom. The van der Waals surface area contributed by atoms with Crippen molar-refractivity contribution in [3.05, 3.63) is 119 Å². The molecule has 0 aliphatic carbocycles. The second kappa shape index (κ2) is 13.5. The first-order valence-electron chi connectivity index (χ1n) is 13.2. The minimum absolute atomic E-state index is 0.183. The van der Waals surface area contributed by atoms with Gasteiger partial charge in [-0.2, -0.15) is 0 Å². The molecule has 0 fully saturated rings. The Bertz CT molecular complexity index is 1510. The molecule has 0 aliphatic rings. The van der Waals surface area contributed by atoms with Gasteiger partial charge in [-0.15, -0.1) is 0 Å². The summed E-state index contributed by atoms with van der Waals surface area (Å²) in [5.41, 5.74) is 2.99. The topological polar surface area (TPSA) is 102 Å². The van der Waals surface area contributed by atoms with Gasteiger partial charge in [-0.25, -0.2) is 18.6 Å². The molecule has 0 saturated heterocycles. The van der Waals surface area contributed by atoms with Gasteiger partial charge in [-0.3, -0.25) is 4.79 Å². The lowest BCUT2D eigenvalue weighted by Crippen LogP contribution is -2.38. The molecule has 0 amide bonds. The van der Waals surface area contributed by atoms with Gasteiger partial charge in [-0.05, 0) is 79.6 Å². The number of nitrogens with zero attached hydrogens (tertiary/aromatic N) is 1. The van der Waals surface area contributed by atoms with E-state index in [2.05, 4.69) is 10.3 Å². The Balaban J connectivity index is 1.32. The van der Waals surface area contributed by atoms with Gasteiger partial charge in [0.15, 0.2) is 5.78 Å². The van der Waals surface area contributed by atoms with E-state index in [1.54, 1.807) is 36.4 Å². The van der Waals surface area contributed by atoms with Crippen molar-refractivity contribution in [2.75, 3.05) is 6.61 Å². The molecule has 41 heavy (non-hydrogen) atoms. The summed E-state index contributed by atoms with van der Waals surface area (Å²) in [6.07, 6.45) is 2.45. The van der Waals surface area contributed by atoms with Crippen LogP contribution in [0.1, 0.15) is 40.7 Å². The molecule has 212 valence electrons. The third kappa shape index (κ3) is 8.11. The lowest BCUT2D eigenvalue weighted by atomic mass is 10.0. The summed E-state index contributed by atoms with van der Waals surface area (Å²) in [6.45, 7) is 3.97. The number of allylic oxidation sites excluding steroid dienone is 2. The average Bonchev–Trinajstić information content (AvgIpc) is 3.33.